The van der Waals surface area contributed by atoms with Gasteiger partial charge in [-0.05, 0) is 52.3 Å². The lowest BCUT2D eigenvalue weighted by Crippen LogP contribution is -2.38. The second-order valence-electron chi connectivity index (χ2n) is 7.16. The number of halogens is 4. The maximum atomic E-state index is 13.2. The summed E-state index contributed by atoms with van der Waals surface area (Å²) in [5.74, 6) is 5.69. The summed E-state index contributed by atoms with van der Waals surface area (Å²) in [5, 5.41) is 3.06. The molecule has 0 bridgehead atoms. The third-order valence-electron chi connectivity index (χ3n) is 4.82. The Morgan fingerprint density at radius 2 is 2.12 bits per heavy atom. The van der Waals surface area contributed by atoms with Gasteiger partial charge in [-0.15, -0.1) is 0 Å². The van der Waals surface area contributed by atoms with E-state index in [1.807, 2.05) is 0 Å². The number of hydrogen-bond donors (Lipinski definition) is 1. The molecule has 0 spiro atoms. The monoisotopic (exact) mass is 554 g/mol. The molecule has 1 aromatic carbocycles. The van der Waals surface area contributed by atoms with Crippen LogP contribution in [0.4, 0.5) is 18.9 Å². The van der Waals surface area contributed by atoms with Gasteiger partial charge in [0.05, 0.1) is 49.2 Å². The molecule has 1 aliphatic rings. The largest absolute Gasteiger partial charge is 0.483 e. The zero-order valence-electron chi connectivity index (χ0n) is 17.7. The standard InChI is InChI=1S/C23H18BrF3N2O4S/c1-31-22(30)15-6-7-20(33-16-12-32-13-16)18(10-15)28-8-2-4-14-11-19-17(24)5-3-9-29(19)21(14)34-23(25,26)27/h3,5-7,9-11,16,28H,8,12-13H2,1H3. The van der Waals surface area contributed by atoms with Crippen LogP contribution in [0.1, 0.15) is 15.9 Å². The van der Waals surface area contributed by atoms with E-state index in [1.54, 1.807) is 42.6 Å². The fraction of sp³-hybridized carbons (Fsp3) is 0.261. The lowest BCUT2D eigenvalue weighted by atomic mass is 10.1. The molecule has 3 heterocycles. The fourth-order valence-corrected chi connectivity index (χ4v) is 4.35. The number of methoxy groups -OCH3 is 1. The molecule has 11 heteroatoms. The number of aromatic nitrogens is 1. The van der Waals surface area contributed by atoms with Gasteiger partial charge in [-0.1, -0.05) is 11.8 Å². The lowest BCUT2D eigenvalue weighted by Gasteiger charge is -2.27. The number of esters is 1. The number of rotatable bonds is 6. The molecule has 4 rings (SSSR count). The number of alkyl halides is 3. The highest BCUT2D eigenvalue weighted by Gasteiger charge is 2.32. The van der Waals surface area contributed by atoms with E-state index in [4.69, 9.17) is 14.2 Å². The number of carbonyl (C=O) groups is 1. The van der Waals surface area contributed by atoms with Gasteiger partial charge in [0.15, 0.2) is 0 Å². The van der Waals surface area contributed by atoms with Crippen molar-refractivity contribution in [2.45, 2.75) is 16.6 Å². The van der Waals surface area contributed by atoms with Crippen LogP contribution in [0, 0.1) is 11.8 Å². The smallest absolute Gasteiger partial charge is 0.447 e. The normalized spacial score (nSPS) is 13.7. The van der Waals surface area contributed by atoms with E-state index < -0.39 is 11.5 Å². The zero-order valence-corrected chi connectivity index (χ0v) is 20.1. The molecular weight excluding hydrogens is 537 g/mol. The number of thioether (sulfide) groups is 1. The maximum absolute atomic E-state index is 13.2. The van der Waals surface area contributed by atoms with E-state index in [9.17, 15) is 18.0 Å². The third-order valence-corrected chi connectivity index (χ3v) is 6.33. The highest BCUT2D eigenvalue weighted by atomic mass is 79.9. The Kier molecular flexibility index (Phi) is 7.30. The molecule has 34 heavy (non-hydrogen) atoms. The van der Waals surface area contributed by atoms with Crippen molar-refractivity contribution in [3.05, 3.63) is 58.2 Å². The average molecular weight is 555 g/mol. The average Bonchev–Trinajstić information content (AvgIpc) is 3.11. The number of benzene rings is 1. The fourth-order valence-electron chi connectivity index (χ4n) is 3.20. The van der Waals surface area contributed by atoms with E-state index in [0.29, 0.717) is 40.2 Å². The minimum atomic E-state index is -4.46. The first kappa shape index (κ1) is 24.3. The van der Waals surface area contributed by atoms with Crippen molar-refractivity contribution in [2.75, 3.05) is 32.2 Å². The first-order valence-corrected chi connectivity index (χ1v) is 11.6. The Bertz CT molecular complexity index is 1280. The van der Waals surface area contributed by atoms with Gasteiger partial charge >= 0.3 is 11.5 Å². The van der Waals surface area contributed by atoms with Gasteiger partial charge in [0.1, 0.15) is 16.9 Å². The Labute approximate surface area is 205 Å². The van der Waals surface area contributed by atoms with Crippen molar-refractivity contribution in [1.29, 1.82) is 0 Å². The number of nitrogens with zero attached hydrogens (tertiary/aromatic N) is 1. The van der Waals surface area contributed by atoms with Gasteiger partial charge in [-0.3, -0.25) is 0 Å². The van der Waals surface area contributed by atoms with Crippen LogP contribution in [0.25, 0.3) is 5.52 Å². The summed E-state index contributed by atoms with van der Waals surface area (Å²) < 4.78 is 57.4. The first-order valence-electron chi connectivity index (χ1n) is 10.00. The van der Waals surface area contributed by atoms with Crippen molar-refractivity contribution in [3.63, 3.8) is 0 Å². The van der Waals surface area contributed by atoms with Gasteiger partial charge in [-0.2, -0.15) is 13.2 Å². The van der Waals surface area contributed by atoms with Crippen LogP contribution >= 0.6 is 27.7 Å². The predicted molar refractivity (Wildman–Crippen MR) is 125 cm³/mol. The molecule has 1 saturated heterocycles. The number of nitrogens with one attached hydrogen (secondary N) is 1. The Morgan fingerprint density at radius 1 is 1.32 bits per heavy atom. The molecule has 0 aliphatic carbocycles. The summed E-state index contributed by atoms with van der Waals surface area (Å²) in [6.45, 7) is 1.04. The maximum Gasteiger partial charge on any atom is 0.447 e. The van der Waals surface area contributed by atoms with E-state index in [-0.39, 0.29) is 35.0 Å². The summed E-state index contributed by atoms with van der Waals surface area (Å²) in [6, 6.07) is 9.82. The Hall–Kier alpha value is -2.81. The minimum Gasteiger partial charge on any atom is -0.483 e. The van der Waals surface area contributed by atoms with Crippen molar-refractivity contribution < 1.29 is 32.2 Å². The Morgan fingerprint density at radius 3 is 2.79 bits per heavy atom. The molecule has 1 N–H and O–H groups in total. The van der Waals surface area contributed by atoms with Crippen LogP contribution in [0.2, 0.25) is 0 Å². The molecular formula is C23H18BrF3N2O4S. The van der Waals surface area contributed by atoms with Crippen molar-refractivity contribution in [3.8, 4) is 17.6 Å². The second-order valence-corrected chi connectivity index (χ2v) is 9.07. The van der Waals surface area contributed by atoms with Gasteiger partial charge < -0.3 is 23.9 Å². The van der Waals surface area contributed by atoms with Gasteiger partial charge in [0.25, 0.3) is 0 Å². The van der Waals surface area contributed by atoms with Gasteiger partial charge in [0, 0.05) is 22.4 Å². The molecule has 1 fully saturated rings. The van der Waals surface area contributed by atoms with Crippen LogP contribution in [-0.4, -0.2) is 48.9 Å². The number of pyridine rings is 1. The van der Waals surface area contributed by atoms with E-state index in [2.05, 4.69) is 33.1 Å². The number of ether oxygens (including phenoxy) is 3. The van der Waals surface area contributed by atoms with Crippen LogP contribution < -0.4 is 10.1 Å². The van der Waals surface area contributed by atoms with Crippen molar-refractivity contribution in [2.24, 2.45) is 0 Å². The number of fused-ring (bicyclic) bond motifs is 1. The molecule has 6 nitrogen and oxygen atoms in total. The second kappa shape index (κ2) is 10.2. The molecule has 0 saturated carbocycles. The quantitative estimate of drug-likeness (QED) is 0.252. The summed E-state index contributed by atoms with van der Waals surface area (Å²) in [7, 11) is 1.29. The molecule has 0 radical (unpaired) electrons. The predicted octanol–water partition coefficient (Wildman–Crippen LogP) is 5.34. The van der Waals surface area contributed by atoms with Crippen LogP contribution in [0.3, 0.4) is 0 Å². The summed E-state index contributed by atoms with van der Waals surface area (Å²) in [4.78, 5) is 11.9. The molecule has 0 atom stereocenters. The molecule has 0 unspecified atom stereocenters. The third kappa shape index (κ3) is 5.63. The number of hydrogen-bond acceptors (Lipinski definition) is 6. The number of anilines is 1. The molecule has 178 valence electrons. The van der Waals surface area contributed by atoms with Crippen molar-refractivity contribution >= 4 is 44.9 Å². The number of carbonyl (C=O) groups excluding carboxylic acids is 1. The van der Waals surface area contributed by atoms with E-state index in [1.165, 1.54) is 11.5 Å². The topological polar surface area (TPSA) is 61.2 Å². The van der Waals surface area contributed by atoms with Gasteiger partial charge in [0.2, 0.25) is 0 Å². The highest BCUT2D eigenvalue weighted by molar-refractivity contribution is 9.10. The molecule has 0 amide bonds. The van der Waals surface area contributed by atoms with E-state index >= 15 is 0 Å². The van der Waals surface area contributed by atoms with E-state index in [0.717, 1.165) is 0 Å². The van der Waals surface area contributed by atoms with Crippen LogP contribution in [-0.2, 0) is 9.47 Å². The lowest BCUT2D eigenvalue weighted by molar-refractivity contribution is -0.0794. The molecule has 3 aromatic rings. The summed E-state index contributed by atoms with van der Waals surface area (Å²) >= 11 is 3.15. The highest BCUT2D eigenvalue weighted by Crippen LogP contribution is 2.40. The molecule has 1 aliphatic heterocycles. The first-order chi connectivity index (χ1) is 16.2. The van der Waals surface area contributed by atoms with Gasteiger partial charge in [-0.25, -0.2) is 4.79 Å². The minimum absolute atomic E-state index is 0.0157. The summed E-state index contributed by atoms with van der Waals surface area (Å²) in [5.41, 5.74) is -2.80. The molecule has 2 aromatic heterocycles. The van der Waals surface area contributed by atoms with Crippen molar-refractivity contribution in [1.82, 2.24) is 4.40 Å². The zero-order chi connectivity index (χ0) is 24.3. The van der Waals surface area contributed by atoms with Crippen LogP contribution in [0.15, 0.2) is 52.1 Å². The summed E-state index contributed by atoms with van der Waals surface area (Å²) in [6.07, 6.45) is 1.47. The Balaban J connectivity index is 1.58. The van der Waals surface area contributed by atoms with Crippen LogP contribution in [0.5, 0.6) is 5.75 Å². The SMILES string of the molecule is COC(=O)c1ccc(OC2COC2)c(NCC#Cc2cc3c(Br)cccn3c2SC(F)(F)F)c1.